The molecule has 154 valence electrons. The van der Waals surface area contributed by atoms with E-state index in [2.05, 4.69) is 10.1 Å². The number of piperidine rings is 1. The number of aromatic hydroxyl groups is 1. The molecule has 3 heterocycles. The number of nitrogens with zero attached hydrogens (tertiary/aromatic N) is 4. The Balaban J connectivity index is 1.46. The van der Waals surface area contributed by atoms with Crippen LogP contribution >= 0.6 is 0 Å². The lowest BCUT2D eigenvalue weighted by Crippen LogP contribution is -2.39. The van der Waals surface area contributed by atoms with E-state index in [-0.39, 0.29) is 17.2 Å². The first-order chi connectivity index (χ1) is 14.1. The second kappa shape index (κ2) is 8.37. The van der Waals surface area contributed by atoms with Crippen molar-refractivity contribution in [3.63, 3.8) is 0 Å². The Kier molecular flexibility index (Phi) is 5.67. The topological polar surface area (TPSA) is 91.0 Å². The molecule has 2 aliphatic heterocycles. The summed E-state index contributed by atoms with van der Waals surface area (Å²) >= 11 is 0. The molecule has 0 unspecified atom stereocenters. The van der Waals surface area contributed by atoms with Crippen molar-refractivity contribution in [2.45, 2.75) is 52.1 Å². The van der Waals surface area contributed by atoms with Gasteiger partial charge in [-0.15, -0.1) is 0 Å². The first-order valence-electron chi connectivity index (χ1n) is 10.4. The third-order valence-electron chi connectivity index (χ3n) is 6.22. The molecule has 29 heavy (non-hydrogen) atoms. The summed E-state index contributed by atoms with van der Waals surface area (Å²) in [4.78, 5) is 19.9. The Morgan fingerprint density at radius 3 is 2.69 bits per heavy atom. The summed E-state index contributed by atoms with van der Waals surface area (Å²) in [7, 11) is 0. The molecule has 1 aromatic heterocycles. The fourth-order valence-electron chi connectivity index (χ4n) is 4.55. The summed E-state index contributed by atoms with van der Waals surface area (Å²) < 4.78 is 1.85. The lowest BCUT2D eigenvalue weighted by atomic mass is 9.87. The highest BCUT2D eigenvalue weighted by atomic mass is 16.4. The predicted molar refractivity (Wildman–Crippen MR) is 111 cm³/mol. The molecule has 2 aromatic rings. The second-order valence-electron chi connectivity index (χ2n) is 8.06. The van der Waals surface area contributed by atoms with E-state index in [0.29, 0.717) is 17.8 Å². The minimum atomic E-state index is 0.0772. The van der Waals surface area contributed by atoms with E-state index in [9.17, 15) is 15.1 Å². The fraction of sp³-hybridized carbons (Fsp3) is 0.500. The van der Waals surface area contributed by atoms with Gasteiger partial charge in [-0.25, -0.2) is 4.98 Å². The van der Waals surface area contributed by atoms with Gasteiger partial charge in [-0.2, -0.15) is 0 Å². The first kappa shape index (κ1) is 19.6. The van der Waals surface area contributed by atoms with Gasteiger partial charge in [-0.05, 0) is 57.8 Å². The molecule has 4 rings (SSSR count). The number of fused-ring (bicyclic) bond motifs is 1. The van der Waals surface area contributed by atoms with Gasteiger partial charge < -0.3 is 10.3 Å². The Morgan fingerprint density at radius 2 is 1.97 bits per heavy atom. The number of likely N-dealkylation sites (tertiary alicyclic amines) is 1. The monoisotopic (exact) mass is 396 g/mol. The lowest BCUT2D eigenvalue weighted by molar-refractivity contribution is 0.197. The summed E-state index contributed by atoms with van der Waals surface area (Å²) in [6, 6.07) is 6.97. The smallest absolute Gasteiger partial charge is 0.258 e. The molecule has 1 fully saturated rings. The van der Waals surface area contributed by atoms with Crippen LogP contribution in [0.25, 0.3) is 0 Å². The van der Waals surface area contributed by atoms with E-state index >= 15 is 0 Å². The van der Waals surface area contributed by atoms with Gasteiger partial charge in [0.15, 0.2) is 0 Å². The number of phenols is 1. The van der Waals surface area contributed by atoms with E-state index in [1.807, 2.05) is 17.6 Å². The van der Waals surface area contributed by atoms with E-state index in [4.69, 9.17) is 4.98 Å². The van der Waals surface area contributed by atoms with Crippen molar-refractivity contribution < 1.29 is 10.3 Å². The largest absolute Gasteiger partial charge is 0.507 e. The second-order valence-corrected chi connectivity index (χ2v) is 8.06. The highest BCUT2D eigenvalue weighted by Gasteiger charge is 2.27. The van der Waals surface area contributed by atoms with Crippen molar-refractivity contribution in [1.82, 2.24) is 14.5 Å². The molecule has 0 atom stereocenters. The number of hydrogen-bond donors (Lipinski definition) is 2. The van der Waals surface area contributed by atoms with Gasteiger partial charge in [0.1, 0.15) is 11.6 Å². The standard InChI is InChI=1S/C22H28N4O3/c1-15-18(22(28)26-11-5-4-8-20(26)23-15)14-25-12-9-16(10-13-25)21(24-29)17-6-2-3-7-19(17)27/h2-3,6-7,16,27,29H,4-5,8-14H2,1H3/b24-21+. The zero-order chi connectivity index (χ0) is 20.4. The molecule has 0 bridgehead atoms. The quantitative estimate of drug-likeness (QED) is 0.471. The Morgan fingerprint density at radius 1 is 1.21 bits per heavy atom. The first-order valence-corrected chi connectivity index (χ1v) is 10.4. The molecule has 7 nitrogen and oxygen atoms in total. The summed E-state index contributed by atoms with van der Waals surface area (Å²) in [5, 5.41) is 23.2. The van der Waals surface area contributed by atoms with Crippen LogP contribution in [0.15, 0.2) is 34.2 Å². The van der Waals surface area contributed by atoms with Gasteiger partial charge in [0.05, 0.1) is 11.3 Å². The average molecular weight is 396 g/mol. The highest BCUT2D eigenvalue weighted by Crippen LogP contribution is 2.27. The molecule has 0 spiro atoms. The summed E-state index contributed by atoms with van der Waals surface area (Å²) in [6.45, 7) is 4.92. The van der Waals surface area contributed by atoms with Gasteiger partial charge in [-0.1, -0.05) is 17.3 Å². The average Bonchev–Trinajstić information content (AvgIpc) is 2.74. The number of benzene rings is 1. The zero-order valence-corrected chi connectivity index (χ0v) is 16.8. The maximum absolute atomic E-state index is 13.0. The van der Waals surface area contributed by atoms with Crippen LogP contribution in [-0.2, 0) is 19.5 Å². The van der Waals surface area contributed by atoms with Crippen LogP contribution in [0.3, 0.4) is 0 Å². The number of phenolic OH excluding ortho intramolecular Hbond substituents is 1. The molecule has 2 N–H and O–H groups in total. The van der Waals surface area contributed by atoms with Crippen LogP contribution in [0, 0.1) is 12.8 Å². The van der Waals surface area contributed by atoms with Crippen molar-refractivity contribution in [2.75, 3.05) is 13.1 Å². The van der Waals surface area contributed by atoms with Crippen LogP contribution in [0.4, 0.5) is 0 Å². The number of aromatic nitrogens is 2. The zero-order valence-electron chi connectivity index (χ0n) is 16.8. The third-order valence-corrected chi connectivity index (χ3v) is 6.22. The maximum atomic E-state index is 13.0. The van der Waals surface area contributed by atoms with Gasteiger partial charge >= 0.3 is 0 Å². The fourth-order valence-corrected chi connectivity index (χ4v) is 4.55. The molecule has 0 radical (unpaired) electrons. The van der Waals surface area contributed by atoms with Crippen molar-refractivity contribution in [3.05, 3.63) is 57.3 Å². The van der Waals surface area contributed by atoms with Crippen LogP contribution in [0.1, 0.15) is 48.3 Å². The SMILES string of the molecule is Cc1nc2n(c(=O)c1CN1CCC(/C(=N\O)c3ccccc3O)CC1)CCCC2. The number of hydrogen-bond acceptors (Lipinski definition) is 6. The minimum absolute atomic E-state index is 0.0772. The molecular formula is C22H28N4O3. The van der Waals surface area contributed by atoms with Crippen LogP contribution in [-0.4, -0.2) is 43.6 Å². The van der Waals surface area contributed by atoms with Crippen molar-refractivity contribution in [1.29, 1.82) is 0 Å². The number of para-hydroxylation sites is 1. The normalized spacial score (nSPS) is 18.6. The van der Waals surface area contributed by atoms with Crippen molar-refractivity contribution >= 4 is 5.71 Å². The molecular weight excluding hydrogens is 368 g/mol. The van der Waals surface area contributed by atoms with Gasteiger partial charge in [0, 0.05) is 36.7 Å². The number of aryl methyl sites for hydroxylation is 2. The van der Waals surface area contributed by atoms with Crippen molar-refractivity contribution in [2.24, 2.45) is 11.1 Å². The maximum Gasteiger partial charge on any atom is 0.258 e. The summed E-state index contributed by atoms with van der Waals surface area (Å²) in [6.07, 6.45) is 4.65. The number of oxime groups is 1. The van der Waals surface area contributed by atoms with E-state index in [1.165, 1.54) is 0 Å². The molecule has 1 aromatic carbocycles. The summed E-state index contributed by atoms with van der Waals surface area (Å²) in [5.41, 5.74) is 2.87. The van der Waals surface area contributed by atoms with E-state index in [0.717, 1.165) is 68.8 Å². The Bertz CT molecular complexity index is 975. The van der Waals surface area contributed by atoms with Gasteiger partial charge in [0.25, 0.3) is 5.56 Å². The third kappa shape index (κ3) is 3.92. The molecule has 2 aliphatic rings. The van der Waals surface area contributed by atoms with Crippen molar-refractivity contribution in [3.8, 4) is 5.75 Å². The predicted octanol–water partition coefficient (Wildman–Crippen LogP) is 2.68. The lowest BCUT2D eigenvalue weighted by Gasteiger charge is -2.32. The molecule has 0 amide bonds. The van der Waals surface area contributed by atoms with Crippen LogP contribution in [0.5, 0.6) is 5.75 Å². The highest BCUT2D eigenvalue weighted by molar-refractivity contribution is 6.04. The number of rotatable bonds is 4. The van der Waals surface area contributed by atoms with E-state index < -0.39 is 0 Å². The molecule has 0 saturated carbocycles. The molecule has 1 saturated heterocycles. The van der Waals surface area contributed by atoms with Gasteiger partial charge in [-0.3, -0.25) is 14.3 Å². The summed E-state index contributed by atoms with van der Waals surface area (Å²) in [5.74, 6) is 1.13. The van der Waals surface area contributed by atoms with E-state index in [1.54, 1.807) is 18.2 Å². The Labute approximate surface area is 170 Å². The minimum Gasteiger partial charge on any atom is -0.507 e. The Hall–Kier alpha value is -2.67. The molecule has 0 aliphatic carbocycles. The van der Waals surface area contributed by atoms with Crippen LogP contribution in [0.2, 0.25) is 0 Å². The van der Waals surface area contributed by atoms with Gasteiger partial charge in [0.2, 0.25) is 0 Å². The van der Waals surface area contributed by atoms with Crippen LogP contribution < -0.4 is 5.56 Å². The molecule has 7 heteroatoms.